The van der Waals surface area contributed by atoms with Gasteiger partial charge in [-0.15, -0.1) is 0 Å². The van der Waals surface area contributed by atoms with Crippen molar-refractivity contribution in [3.8, 4) is 0 Å². The molecule has 1 saturated heterocycles. The van der Waals surface area contributed by atoms with Gasteiger partial charge < -0.3 is 4.90 Å². The highest BCUT2D eigenvalue weighted by molar-refractivity contribution is 5.80. The van der Waals surface area contributed by atoms with E-state index in [4.69, 9.17) is 0 Å². The first kappa shape index (κ1) is 6.70. The third kappa shape index (κ3) is 0.768. The Morgan fingerprint density at radius 3 is 3.00 bits per heavy atom. The third-order valence-electron chi connectivity index (χ3n) is 2.38. The monoisotopic (exact) mass is 152 g/mol. The van der Waals surface area contributed by atoms with Crippen LogP contribution in [-0.4, -0.2) is 35.5 Å². The van der Waals surface area contributed by atoms with E-state index in [9.17, 15) is 4.79 Å². The van der Waals surface area contributed by atoms with Crippen LogP contribution < -0.4 is 0 Å². The second kappa shape index (κ2) is 2.00. The maximum absolute atomic E-state index is 11.4. The van der Waals surface area contributed by atoms with Crippen LogP contribution in [0.4, 0.5) is 4.79 Å². The van der Waals surface area contributed by atoms with E-state index in [0.717, 1.165) is 13.0 Å². The predicted molar refractivity (Wildman–Crippen MR) is 42.0 cm³/mol. The SMILES string of the molecule is CC1CC=C2CN(C)C(=O)N21. The quantitative estimate of drug-likeness (QED) is 0.508. The molecule has 1 unspecified atom stereocenters. The Balaban J connectivity index is 2.30. The Kier molecular flexibility index (Phi) is 1.22. The third-order valence-corrected chi connectivity index (χ3v) is 2.38. The molecule has 1 atom stereocenters. The summed E-state index contributed by atoms with van der Waals surface area (Å²) >= 11 is 0. The Bertz CT molecular complexity index is 234. The van der Waals surface area contributed by atoms with Crippen molar-refractivity contribution in [2.45, 2.75) is 19.4 Å². The molecule has 0 N–H and O–H groups in total. The van der Waals surface area contributed by atoms with E-state index in [1.165, 1.54) is 5.70 Å². The molecular weight excluding hydrogens is 140 g/mol. The molecule has 1 fully saturated rings. The number of carbonyl (C=O) groups excluding carboxylic acids is 1. The van der Waals surface area contributed by atoms with Crippen LogP contribution in [0.3, 0.4) is 0 Å². The highest BCUT2D eigenvalue weighted by atomic mass is 16.2. The van der Waals surface area contributed by atoms with E-state index >= 15 is 0 Å². The number of nitrogens with zero attached hydrogens (tertiary/aromatic N) is 2. The van der Waals surface area contributed by atoms with Gasteiger partial charge in [-0.2, -0.15) is 0 Å². The van der Waals surface area contributed by atoms with Crippen molar-refractivity contribution in [1.82, 2.24) is 9.80 Å². The lowest BCUT2D eigenvalue weighted by atomic mass is 10.3. The van der Waals surface area contributed by atoms with Crippen LogP contribution in [0.5, 0.6) is 0 Å². The summed E-state index contributed by atoms with van der Waals surface area (Å²) in [5.74, 6) is 0. The molecule has 3 nitrogen and oxygen atoms in total. The second-order valence-electron chi connectivity index (χ2n) is 3.29. The van der Waals surface area contributed by atoms with Crippen LogP contribution in [0, 0.1) is 0 Å². The first-order valence-corrected chi connectivity index (χ1v) is 3.93. The molecule has 2 rings (SSSR count). The zero-order valence-corrected chi connectivity index (χ0v) is 6.87. The number of rotatable bonds is 0. The van der Waals surface area contributed by atoms with Gasteiger partial charge in [0, 0.05) is 18.8 Å². The summed E-state index contributed by atoms with van der Waals surface area (Å²) in [5, 5.41) is 0. The van der Waals surface area contributed by atoms with Crippen molar-refractivity contribution in [3.05, 3.63) is 11.8 Å². The fraction of sp³-hybridized carbons (Fsp3) is 0.625. The largest absolute Gasteiger partial charge is 0.324 e. The van der Waals surface area contributed by atoms with Crippen LogP contribution in [0.1, 0.15) is 13.3 Å². The van der Waals surface area contributed by atoms with E-state index in [2.05, 4.69) is 13.0 Å². The summed E-state index contributed by atoms with van der Waals surface area (Å²) < 4.78 is 0. The molecule has 11 heavy (non-hydrogen) atoms. The molecule has 2 amide bonds. The Hall–Kier alpha value is -0.990. The predicted octanol–water partition coefficient (Wildman–Crippen LogP) is 1.03. The molecule has 0 saturated carbocycles. The number of hydrogen-bond acceptors (Lipinski definition) is 1. The first-order chi connectivity index (χ1) is 5.20. The van der Waals surface area contributed by atoms with Crippen LogP contribution in [0.25, 0.3) is 0 Å². The molecule has 2 heterocycles. The highest BCUT2D eigenvalue weighted by Gasteiger charge is 2.36. The molecule has 0 aromatic heterocycles. The normalized spacial score (nSPS) is 29.5. The summed E-state index contributed by atoms with van der Waals surface area (Å²) in [7, 11) is 1.84. The lowest BCUT2D eigenvalue weighted by Crippen LogP contribution is -2.33. The average molecular weight is 152 g/mol. The van der Waals surface area contributed by atoms with Gasteiger partial charge in [-0.25, -0.2) is 4.79 Å². The maximum Gasteiger partial charge on any atom is 0.324 e. The smallest absolute Gasteiger partial charge is 0.322 e. The van der Waals surface area contributed by atoms with Gasteiger partial charge in [0.15, 0.2) is 0 Å². The van der Waals surface area contributed by atoms with Crippen molar-refractivity contribution in [3.63, 3.8) is 0 Å². The van der Waals surface area contributed by atoms with E-state index in [1.807, 2.05) is 11.9 Å². The summed E-state index contributed by atoms with van der Waals surface area (Å²) in [4.78, 5) is 15.0. The van der Waals surface area contributed by atoms with Crippen LogP contribution in [0.15, 0.2) is 11.8 Å². The molecule has 0 radical (unpaired) electrons. The van der Waals surface area contributed by atoms with Crippen molar-refractivity contribution in [2.75, 3.05) is 13.6 Å². The van der Waals surface area contributed by atoms with Gasteiger partial charge in [0.25, 0.3) is 0 Å². The van der Waals surface area contributed by atoms with Crippen LogP contribution >= 0.6 is 0 Å². The standard InChI is InChI=1S/C8H12N2O/c1-6-3-4-7-5-9(2)8(11)10(6)7/h4,6H,3,5H2,1-2H3. The lowest BCUT2D eigenvalue weighted by molar-refractivity contribution is 0.194. The summed E-state index contributed by atoms with van der Waals surface area (Å²) in [6.45, 7) is 2.88. The average Bonchev–Trinajstić information content (AvgIpc) is 2.41. The fourth-order valence-electron chi connectivity index (χ4n) is 1.74. The van der Waals surface area contributed by atoms with Gasteiger partial charge in [-0.1, -0.05) is 6.08 Å². The minimum Gasteiger partial charge on any atom is -0.322 e. The van der Waals surface area contributed by atoms with Gasteiger partial charge >= 0.3 is 6.03 Å². The van der Waals surface area contributed by atoms with E-state index < -0.39 is 0 Å². The van der Waals surface area contributed by atoms with Crippen molar-refractivity contribution in [2.24, 2.45) is 0 Å². The number of likely N-dealkylation sites (N-methyl/N-ethyl adjacent to an activating group) is 1. The van der Waals surface area contributed by atoms with Gasteiger partial charge in [0.05, 0.1) is 6.54 Å². The molecule has 0 aromatic rings. The van der Waals surface area contributed by atoms with E-state index in [0.29, 0.717) is 6.04 Å². The van der Waals surface area contributed by atoms with Gasteiger partial charge in [-0.3, -0.25) is 4.90 Å². The van der Waals surface area contributed by atoms with E-state index in [-0.39, 0.29) is 6.03 Å². The molecular formula is C8H12N2O. The second-order valence-corrected chi connectivity index (χ2v) is 3.29. The van der Waals surface area contributed by atoms with Crippen LogP contribution in [0.2, 0.25) is 0 Å². The molecule has 3 heteroatoms. The Labute approximate surface area is 66.3 Å². The van der Waals surface area contributed by atoms with Gasteiger partial charge in [0.2, 0.25) is 0 Å². The molecule has 0 spiro atoms. The minimum atomic E-state index is 0.154. The fourth-order valence-corrected chi connectivity index (χ4v) is 1.74. The van der Waals surface area contributed by atoms with Crippen molar-refractivity contribution < 1.29 is 4.79 Å². The topological polar surface area (TPSA) is 23.6 Å². The number of fused-ring (bicyclic) bond motifs is 1. The van der Waals surface area contributed by atoms with E-state index in [1.54, 1.807) is 4.90 Å². The van der Waals surface area contributed by atoms with Gasteiger partial charge in [0.1, 0.15) is 0 Å². The Morgan fingerprint density at radius 1 is 1.64 bits per heavy atom. The lowest BCUT2D eigenvalue weighted by Gasteiger charge is -2.18. The molecule has 0 bridgehead atoms. The number of amides is 2. The number of urea groups is 1. The van der Waals surface area contributed by atoms with Gasteiger partial charge in [-0.05, 0) is 13.3 Å². The zero-order chi connectivity index (χ0) is 8.01. The maximum atomic E-state index is 11.4. The summed E-state index contributed by atoms with van der Waals surface area (Å²) in [6.07, 6.45) is 3.18. The minimum absolute atomic E-state index is 0.154. The number of hydrogen-bond donors (Lipinski definition) is 0. The molecule has 2 aliphatic heterocycles. The van der Waals surface area contributed by atoms with Crippen LogP contribution in [-0.2, 0) is 0 Å². The molecule has 60 valence electrons. The molecule has 2 aliphatic rings. The number of carbonyl (C=O) groups is 1. The van der Waals surface area contributed by atoms with Crippen molar-refractivity contribution >= 4 is 6.03 Å². The first-order valence-electron chi connectivity index (χ1n) is 3.93. The zero-order valence-electron chi connectivity index (χ0n) is 6.87. The van der Waals surface area contributed by atoms with Crippen molar-refractivity contribution in [1.29, 1.82) is 0 Å². The summed E-state index contributed by atoms with van der Waals surface area (Å²) in [5.41, 5.74) is 1.19. The summed E-state index contributed by atoms with van der Waals surface area (Å²) in [6, 6.07) is 0.531. The molecule has 0 aliphatic carbocycles. The highest BCUT2D eigenvalue weighted by Crippen LogP contribution is 2.28. The Morgan fingerprint density at radius 2 is 2.36 bits per heavy atom. The molecule has 0 aromatic carbocycles.